The normalized spacial score (nSPS) is 35.9. The average Bonchev–Trinajstić information content (AvgIpc) is 2.07. The fourth-order valence-electron chi connectivity index (χ4n) is 1.24. The molecule has 0 amide bonds. The summed E-state index contributed by atoms with van der Waals surface area (Å²) in [5, 5.41) is 0. The van der Waals surface area contributed by atoms with Crippen LogP contribution >= 0.6 is 0 Å². The van der Waals surface area contributed by atoms with E-state index in [1.165, 1.54) is 0 Å². The molecule has 0 aromatic carbocycles. The quantitative estimate of drug-likeness (QED) is 0.612. The molecule has 12 heavy (non-hydrogen) atoms. The summed E-state index contributed by atoms with van der Waals surface area (Å²) in [6.07, 6.45) is 6.75. The van der Waals surface area contributed by atoms with Gasteiger partial charge in [-0.1, -0.05) is 5.92 Å². The van der Waals surface area contributed by atoms with Gasteiger partial charge < -0.3 is 15.2 Å². The number of terminal acetylenes is 1. The maximum atomic E-state index is 5.75. The zero-order valence-corrected chi connectivity index (χ0v) is 7.32. The molecular formula is C9H15NO2. The molecule has 0 aromatic rings. The Morgan fingerprint density at radius 2 is 2.42 bits per heavy atom. The minimum absolute atomic E-state index is 0.0709. The van der Waals surface area contributed by atoms with Crippen molar-refractivity contribution in [3.8, 4) is 12.3 Å². The lowest BCUT2D eigenvalue weighted by atomic mass is 10.0. The van der Waals surface area contributed by atoms with Crippen molar-refractivity contribution in [2.75, 3.05) is 6.61 Å². The predicted molar refractivity (Wildman–Crippen MR) is 46.3 cm³/mol. The van der Waals surface area contributed by atoms with E-state index in [9.17, 15) is 0 Å². The van der Waals surface area contributed by atoms with Crippen LogP contribution in [0.4, 0.5) is 0 Å². The molecular weight excluding hydrogens is 154 g/mol. The summed E-state index contributed by atoms with van der Waals surface area (Å²) in [5.74, 6) is 2.41. The van der Waals surface area contributed by atoms with Crippen LogP contribution < -0.4 is 5.73 Å². The Bertz CT molecular complexity index is 176. The Hall–Kier alpha value is -0.560. The van der Waals surface area contributed by atoms with Crippen LogP contribution in [0, 0.1) is 12.3 Å². The number of ether oxygens (including phenoxy) is 2. The van der Waals surface area contributed by atoms with E-state index in [1.54, 1.807) is 0 Å². The van der Waals surface area contributed by atoms with Crippen LogP contribution in [0.2, 0.25) is 0 Å². The fraction of sp³-hybridized carbons (Fsp3) is 0.778. The van der Waals surface area contributed by atoms with Gasteiger partial charge in [0.2, 0.25) is 0 Å². The summed E-state index contributed by atoms with van der Waals surface area (Å²) >= 11 is 0. The minimum Gasteiger partial charge on any atom is -0.348 e. The first-order valence-electron chi connectivity index (χ1n) is 4.20. The SMILES string of the molecule is C#CCO[C@H]1CC[C@H](N)[C@H](C)O1. The van der Waals surface area contributed by atoms with E-state index in [-0.39, 0.29) is 18.4 Å². The second-order valence-electron chi connectivity index (χ2n) is 3.03. The Morgan fingerprint density at radius 1 is 1.67 bits per heavy atom. The van der Waals surface area contributed by atoms with Gasteiger partial charge >= 0.3 is 0 Å². The van der Waals surface area contributed by atoms with Crippen molar-refractivity contribution >= 4 is 0 Å². The van der Waals surface area contributed by atoms with Crippen molar-refractivity contribution in [3.05, 3.63) is 0 Å². The van der Waals surface area contributed by atoms with Crippen LogP contribution in [0.25, 0.3) is 0 Å². The topological polar surface area (TPSA) is 44.5 Å². The Labute approximate surface area is 73.2 Å². The lowest BCUT2D eigenvalue weighted by Crippen LogP contribution is -2.43. The molecule has 1 rings (SSSR count). The highest BCUT2D eigenvalue weighted by atomic mass is 16.7. The standard InChI is InChI=1S/C9H15NO2/c1-3-6-11-9-5-4-8(10)7(2)12-9/h1,7-9H,4-6,10H2,2H3/t7-,8-,9+/m0/s1. The molecule has 3 atom stereocenters. The molecule has 2 N–H and O–H groups in total. The third kappa shape index (κ3) is 2.49. The average molecular weight is 169 g/mol. The zero-order valence-electron chi connectivity index (χ0n) is 7.32. The maximum Gasteiger partial charge on any atom is 0.159 e. The molecule has 68 valence electrons. The van der Waals surface area contributed by atoms with Gasteiger partial charge in [-0.25, -0.2) is 0 Å². The summed E-state index contributed by atoms with van der Waals surface area (Å²) in [6, 6.07) is 0.135. The van der Waals surface area contributed by atoms with Crippen molar-refractivity contribution < 1.29 is 9.47 Å². The van der Waals surface area contributed by atoms with E-state index in [1.807, 2.05) is 6.92 Å². The van der Waals surface area contributed by atoms with Crippen LogP contribution in [-0.2, 0) is 9.47 Å². The number of rotatable bonds is 2. The maximum absolute atomic E-state index is 5.75. The number of hydrogen-bond donors (Lipinski definition) is 1. The first-order chi connectivity index (χ1) is 5.74. The number of nitrogens with two attached hydrogens (primary N) is 1. The van der Waals surface area contributed by atoms with E-state index >= 15 is 0 Å². The van der Waals surface area contributed by atoms with Crippen molar-refractivity contribution in [3.63, 3.8) is 0 Å². The molecule has 1 heterocycles. The molecule has 1 fully saturated rings. The van der Waals surface area contributed by atoms with Gasteiger partial charge in [0, 0.05) is 6.04 Å². The molecule has 1 aliphatic rings. The van der Waals surface area contributed by atoms with Crippen LogP contribution in [-0.4, -0.2) is 25.0 Å². The summed E-state index contributed by atoms with van der Waals surface area (Å²) in [5.41, 5.74) is 5.75. The van der Waals surface area contributed by atoms with Crippen LogP contribution in [0.15, 0.2) is 0 Å². The van der Waals surface area contributed by atoms with Crippen molar-refractivity contribution in [2.45, 2.75) is 38.2 Å². The molecule has 3 nitrogen and oxygen atoms in total. The molecule has 0 spiro atoms. The first kappa shape index (κ1) is 9.53. The third-order valence-corrected chi connectivity index (χ3v) is 2.06. The van der Waals surface area contributed by atoms with Crippen LogP contribution in [0.3, 0.4) is 0 Å². The molecule has 3 heteroatoms. The van der Waals surface area contributed by atoms with E-state index in [4.69, 9.17) is 21.6 Å². The second-order valence-corrected chi connectivity index (χ2v) is 3.03. The largest absolute Gasteiger partial charge is 0.348 e. The lowest BCUT2D eigenvalue weighted by Gasteiger charge is -2.31. The molecule has 0 aliphatic carbocycles. The molecule has 0 unspecified atom stereocenters. The summed E-state index contributed by atoms with van der Waals surface area (Å²) in [4.78, 5) is 0. The van der Waals surface area contributed by atoms with Crippen LogP contribution in [0.1, 0.15) is 19.8 Å². The zero-order chi connectivity index (χ0) is 8.97. The lowest BCUT2D eigenvalue weighted by molar-refractivity contribution is -0.187. The van der Waals surface area contributed by atoms with Gasteiger partial charge in [-0.3, -0.25) is 0 Å². The summed E-state index contributed by atoms with van der Waals surface area (Å²) in [6.45, 7) is 2.27. The van der Waals surface area contributed by atoms with E-state index in [2.05, 4.69) is 5.92 Å². The summed E-state index contributed by atoms with van der Waals surface area (Å²) < 4.78 is 10.7. The van der Waals surface area contributed by atoms with Crippen molar-refractivity contribution in [1.82, 2.24) is 0 Å². The fourth-order valence-corrected chi connectivity index (χ4v) is 1.24. The van der Waals surface area contributed by atoms with Gasteiger partial charge in [-0.05, 0) is 19.8 Å². The van der Waals surface area contributed by atoms with Crippen molar-refractivity contribution in [1.29, 1.82) is 0 Å². The highest BCUT2D eigenvalue weighted by molar-refractivity contribution is 4.84. The van der Waals surface area contributed by atoms with E-state index in [0.29, 0.717) is 6.61 Å². The Kier molecular flexibility index (Phi) is 3.54. The van der Waals surface area contributed by atoms with E-state index in [0.717, 1.165) is 12.8 Å². The van der Waals surface area contributed by atoms with Gasteiger partial charge in [-0.2, -0.15) is 0 Å². The summed E-state index contributed by atoms with van der Waals surface area (Å²) in [7, 11) is 0. The molecule has 1 saturated heterocycles. The predicted octanol–water partition coefficient (Wildman–Crippen LogP) is 0.489. The molecule has 0 saturated carbocycles. The van der Waals surface area contributed by atoms with Gasteiger partial charge in [0.15, 0.2) is 6.29 Å². The second kappa shape index (κ2) is 4.46. The Balaban J connectivity index is 2.26. The monoisotopic (exact) mass is 169 g/mol. The Morgan fingerprint density at radius 3 is 3.00 bits per heavy atom. The molecule has 0 bridgehead atoms. The molecule has 0 aromatic heterocycles. The van der Waals surface area contributed by atoms with Gasteiger partial charge in [0.05, 0.1) is 6.10 Å². The molecule has 0 radical (unpaired) electrons. The first-order valence-corrected chi connectivity index (χ1v) is 4.20. The smallest absolute Gasteiger partial charge is 0.159 e. The minimum atomic E-state index is -0.157. The highest BCUT2D eigenvalue weighted by Gasteiger charge is 2.25. The third-order valence-electron chi connectivity index (χ3n) is 2.06. The van der Waals surface area contributed by atoms with Crippen LogP contribution in [0.5, 0.6) is 0 Å². The van der Waals surface area contributed by atoms with Crippen molar-refractivity contribution in [2.24, 2.45) is 5.73 Å². The van der Waals surface area contributed by atoms with Gasteiger partial charge in [0.1, 0.15) is 6.61 Å². The molecule has 1 aliphatic heterocycles. The van der Waals surface area contributed by atoms with Gasteiger partial charge in [-0.15, -0.1) is 6.42 Å². The highest BCUT2D eigenvalue weighted by Crippen LogP contribution is 2.18. The number of hydrogen-bond acceptors (Lipinski definition) is 3. The van der Waals surface area contributed by atoms with E-state index < -0.39 is 0 Å². The van der Waals surface area contributed by atoms with Gasteiger partial charge in [0.25, 0.3) is 0 Å².